The summed E-state index contributed by atoms with van der Waals surface area (Å²) in [5.41, 5.74) is 2.67. The minimum atomic E-state index is -0.254. The van der Waals surface area contributed by atoms with Gasteiger partial charge in [-0.1, -0.05) is 62.8 Å². The smallest absolute Gasteiger partial charge is 0.0628 e. The van der Waals surface area contributed by atoms with Gasteiger partial charge in [0.15, 0.2) is 0 Å². The second-order valence-electron chi connectivity index (χ2n) is 6.45. The van der Waals surface area contributed by atoms with E-state index in [1.165, 1.54) is 11.1 Å². The molecular weight excluding hydrogens is 244 g/mol. The summed E-state index contributed by atoms with van der Waals surface area (Å²) < 4.78 is 0. The van der Waals surface area contributed by atoms with Crippen LogP contribution in [0.3, 0.4) is 0 Å². The molecule has 0 saturated heterocycles. The van der Waals surface area contributed by atoms with Crippen LogP contribution in [0.5, 0.6) is 0 Å². The SMILES string of the molecule is CC(C)=C[C@H](C)[C@@H](O)[C@H](C)[C@@H](C)CCc1ccccc1. The second-order valence-corrected chi connectivity index (χ2v) is 6.45. The summed E-state index contributed by atoms with van der Waals surface area (Å²) in [4.78, 5) is 0. The molecule has 4 atom stereocenters. The van der Waals surface area contributed by atoms with Crippen molar-refractivity contribution in [2.75, 3.05) is 0 Å². The first-order valence-corrected chi connectivity index (χ1v) is 7.78. The van der Waals surface area contributed by atoms with Gasteiger partial charge in [-0.25, -0.2) is 0 Å². The van der Waals surface area contributed by atoms with Crippen LogP contribution < -0.4 is 0 Å². The Morgan fingerprint density at radius 2 is 1.70 bits per heavy atom. The molecule has 1 aromatic carbocycles. The molecule has 20 heavy (non-hydrogen) atoms. The first-order chi connectivity index (χ1) is 9.41. The Kier molecular flexibility index (Phi) is 7.01. The van der Waals surface area contributed by atoms with Crippen molar-refractivity contribution in [3.05, 3.63) is 47.5 Å². The highest BCUT2D eigenvalue weighted by Gasteiger charge is 2.24. The Hall–Kier alpha value is -1.08. The van der Waals surface area contributed by atoms with Crippen molar-refractivity contribution < 1.29 is 5.11 Å². The van der Waals surface area contributed by atoms with Crippen LogP contribution in [-0.4, -0.2) is 11.2 Å². The van der Waals surface area contributed by atoms with Gasteiger partial charge in [-0.15, -0.1) is 0 Å². The average molecular weight is 274 g/mol. The third-order valence-corrected chi connectivity index (χ3v) is 4.30. The molecule has 0 aliphatic carbocycles. The number of hydrogen-bond donors (Lipinski definition) is 1. The molecule has 1 rings (SSSR count). The number of benzene rings is 1. The monoisotopic (exact) mass is 274 g/mol. The minimum absolute atomic E-state index is 0.231. The molecule has 0 amide bonds. The Morgan fingerprint density at radius 1 is 1.10 bits per heavy atom. The Morgan fingerprint density at radius 3 is 2.25 bits per heavy atom. The summed E-state index contributed by atoms with van der Waals surface area (Å²) in [6.07, 6.45) is 4.14. The van der Waals surface area contributed by atoms with Crippen LogP contribution in [0.2, 0.25) is 0 Å². The van der Waals surface area contributed by atoms with E-state index < -0.39 is 0 Å². The first kappa shape index (κ1) is 17.0. The average Bonchev–Trinajstić information content (AvgIpc) is 2.43. The van der Waals surface area contributed by atoms with Gasteiger partial charge in [0.25, 0.3) is 0 Å². The van der Waals surface area contributed by atoms with E-state index in [2.05, 4.69) is 71.0 Å². The maximum Gasteiger partial charge on any atom is 0.0628 e. The summed E-state index contributed by atoms with van der Waals surface area (Å²) in [6.45, 7) is 10.7. The van der Waals surface area contributed by atoms with E-state index in [0.29, 0.717) is 11.8 Å². The fourth-order valence-electron chi connectivity index (χ4n) is 2.74. The van der Waals surface area contributed by atoms with Crippen LogP contribution in [0.1, 0.15) is 46.6 Å². The van der Waals surface area contributed by atoms with E-state index in [-0.39, 0.29) is 12.0 Å². The van der Waals surface area contributed by atoms with Crippen LogP contribution in [-0.2, 0) is 6.42 Å². The van der Waals surface area contributed by atoms with E-state index in [1.54, 1.807) is 0 Å². The molecule has 0 spiro atoms. The van der Waals surface area contributed by atoms with Crippen molar-refractivity contribution in [2.45, 2.75) is 53.6 Å². The lowest BCUT2D eigenvalue weighted by molar-refractivity contribution is 0.0551. The van der Waals surface area contributed by atoms with Crippen LogP contribution in [0.25, 0.3) is 0 Å². The zero-order chi connectivity index (χ0) is 15.1. The number of hydrogen-bond acceptors (Lipinski definition) is 1. The summed E-state index contributed by atoms with van der Waals surface area (Å²) in [6, 6.07) is 10.6. The number of aliphatic hydroxyl groups excluding tert-OH is 1. The zero-order valence-electron chi connectivity index (χ0n) is 13.6. The molecule has 0 radical (unpaired) electrons. The van der Waals surface area contributed by atoms with Crippen molar-refractivity contribution in [3.8, 4) is 0 Å². The fraction of sp³-hybridized carbons (Fsp3) is 0.579. The van der Waals surface area contributed by atoms with Gasteiger partial charge in [-0.3, -0.25) is 0 Å². The molecule has 1 nitrogen and oxygen atoms in total. The Balaban J connectivity index is 2.49. The highest BCUT2D eigenvalue weighted by atomic mass is 16.3. The highest BCUT2D eigenvalue weighted by Crippen LogP contribution is 2.25. The summed E-state index contributed by atoms with van der Waals surface area (Å²) >= 11 is 0. The van der Waals surface area contributed by atoms with Crippen LogP contribution in [0.4, 0.5) is 0 Å². The first-order valence-electron chi connectivity index (χ1n) is 7.78. The molecule has 1 aromatic rings. The molecule has 0 bridgehead atoms. The predicted molar refractivity (Wildman–Crippen MR) is 87.7 cm³/mol. The molecule has 0 aliphatic rings. The van der Waals surface area contributed by atoms with Crippen LogP contribution >= 0.6 is 0 Å². The normalized spacial score (nSPS) is 17.1. The number of rotatable bonds is 7. The van der Waals surface area contributed by atoms with Gasteiger partial charge in [-0.2, -0.15) is 0 Å². The fourth-order valence-corrected chi connectivity index (χ4v) is 2.74. The molecule has 0 heterocycles. The molecule has 0 saturated carbocycles. The highest BCUT2D eigenvalue weighted by molar-refractivity contribution is 5.14. The number of aliphatic hydroxyl groups is 1. The quantitative estimate of drug-likeness (QED) is 0.704. The van der Waals surface area contributed by atoms with Gasteiger partial charge >= 0.3 is 0 Å². The summed E-state index contributed by atoms with van der Waals surface area (Å²) in [5, 5.41) is 10.5. The topological polar surface area (TPSA) is 20.2 Å². The van der Waals surface area contributed by atoms with Gasteiger partial charge in [0, 0.05) is 5.92 Å². The lowest BCUT2D eigenvalue weighted by Crippen LogP contribution is -2.29. The van der Waals surface area contributed by atoms with Gasteiger partial charge in [-0.05, 0) is 44.1 Å². The molecule has 0 unspecified atom stereocenters. The number of allylic oxidation sites excluding steroid dienone is 1. The van der Waals surface area contributed by atoms with Crippen molar-refractivity contribution in [1.29, 1.82) is 0 Å². The zero-order valence-corrected chi connectivity index (χ0v) is 13.6. The van der Waals surface area contributed by atoms with Crippen molar-refractivity contribution in [3.63, 3.8) is 0 Å². The standard InChI is InChI=1S/C19H30O/c1-14(2)13-16(4)19(20)17(5)15(3)11-12-18-9-7-6-8-10-18/h6-10,13,15-17,19-20H,11-12H2,1-5H3/t15-,16-,17+,19+/m0/s1. The molecule has 1 heteroatoms. The lowest BCUT2D eigenvalue weighted by Gasteiger charge is -2.28. The molecule has 0 aromatic heterocycles. The van der Waals surface area contributed by atoms with E-state index in [9.17, 15) is 5.11 Å². The summed E-state index contributed by atoms with van der Waals surface area (Å²) in [5.74, 6) is 1.08. The Bertz CT molecular complexity index is 403. The largest absolute Gasteiger partial charge is 0.392 e. The van der Waals surface area contributed by atoms with Gasteiger partial charge in [0.05, 0.1) is 6.10 Å². The van der Waals surface area contributed by atoms with Crippen molar-refractivity contribution >= 4 is 0 Å². The third kappa shape index (κ3) is 5.50. The van der Waals surface area contributed by atoms with E-state index >= 15 is 0 Å². The molecular formula is C19H30O. The molecule has 0 aliphatic heterocycles. The third-order valence-electron chi connectivity index (χ3n) is 4.30. The molecule has 0 fully saturated rings. The van der Waals surface area contributed by atoms with Crippen LogP contribution in [0, 0.1) is 17.8 Å². The lowest BCUT2D eigenvalue weighted by atomic mass is 9.81. The minimum Gasteiger partial charge on any atom is -0.392 e. The number of aryl methyl sites for hydroxylation is 1. The van der Waals surface area contributed by atoms with E-state index in [1.807, 2.05) is 0 Å². The predicted octanol–water partition coefficient (Wildman–Crippen LogP) is 4.85. The van der Waals surface area contributed by atoms with Gasteiger partial charge in [0.2, 0.25) is 0 Å². The molecule has 112 valence electrons. The van der Waals surface area contributed by atoms with E-state index in [0.717, 1.165) is 12.8 Å². The maximum absolute atomic E-state index is 10.5. The Labute approximate surface area is 124 Å². The van der Waals surface area contributed by atoms with E-state index in [4.69, 9.17) is 0 Å². The maximum atomic E-state index is 10.5. The van der Waals surface area contributed by atoms with Gasteiger partial charge < -0.3 is 5.11 Å². The van der Waals surface area contributed by atoms with Crippen LogP contribution in [0.15, 0.2) is 42.0 Å². The second kappa shape index (κ2) is 8.26. The van der Waals surface area contributed by atoms with Crippen molar-refractivity contribution in [2.24, 2.45) is 17.8 Å². The molecule has 1 N–H and O–H groups in total. The summed E-state index contributed by atoms with van der Waals surface area (Å²) in [7, 11) is 0. The van der Waals surface area contributed by atoms with Crippen molar-refractivity contribution in [1.82, 2.24) is 0 Å². The van der Waals surface area contributed by atoms with Gasteiger partial charge in [0.1, 0.15) is 0 Å².